The zero-order valence-corrected chi connectivity index (χ0v) is 10.7. The first-order valence-electron chi connectivity index (χ1n) is 5.28. The number of halogens is 1. The molecule has 0 fully saturated rings. The highest BCUT2D eigenvalue weighted by Gasteiger charge is 2.29. The normalized spacial score (nSPS) is 16.2. The van der Waals surface area contributed by atoms with Crippen molar-refractivity contribution in [3.63, 3.8) is 0 Å². The Morgan fingerprint density at radius 3 is 2.44 bits per heavy atom. The van der Waals surface area contributed by atoms with E-state index in [2.05, 4.69) is 4.40 Å². The minimum absolute atomic E-state index is 0.214. The van der Waals surface area contributed by atoms with Gasteiger partial charge in [-0.1, -0.05) is 41.9 Å². The van der Waals surface area contributed by atoms with Gasteiger partial charge in [-0.05, 0) is 18.2 Å². The van der Waals surface area contributed by atoms with Crippen LogP contribution in [0.4, 0.5) is 0 Å². The maximum atomic E-state index is 11.9. The predicted octanol–water partition coefficient (Wildman–Crippen LogP) is 2.88. The van der Waals surface area contributed by atoms with Crippen LogP contribution < -0.4 is 0 Å². The standard InChI is InChI=1S/C13H8ClNO2S/c14-10-6-7-12-11(8-10)13(15-18(12,16)17)9-4-2-1-3-5-9/h1-8H. The van der Waals surface area contributed by atoms with Crippen molar-refractivity contribution in [3.05, 3.63) is 64.7 Å². The van der Waals surface area contributed by atoms with Crippen LogP contribution in [0.5, 0.6) is 0 Å². The fraction of sp³-hybridized carbons (Fsp3) is 0. The zero-order valence-electron chi connectivity index (χ0n) is 9.17. The van der Waals surface area contributed by atoms with Gasteiger partial charge in [0.15, 0.2) is 0 Å². The van der Waals surface area contributed by atoms with Gasteiger partial charge in [0, 0.05) is 16.1 Å². The number of nitrogens with zero attached hydrogens (tertiary/aromatic N) is 1. The Morgan fingerprint density at radius 1 is 1.00 bits per heavy atom. The van der Waals surface area contributed by atoms with E-state index in [4.69, 9.17) is 11.6 Å². The van der Waals surface area contributed by atoms with E-state index in [1.807, 2.05) is 30.3 Å². The molecule has 0 atom stereocenters. The van der Waals surface area contributed by atoms with Crippen molar-refractivity contribution in [2.45, 2.75) is 4.90 Å². The first kappa shape index (κ1) is 11.4. The SMILES string of the molecule is O=S1(=O)N=C(c2ccccc2)c2cc(Cl)ccc21. The molecule has 0 saturated heterocycles. The van der Waals surface area contributed by atoms with E-state index in [9.17, 15) is 8.42 Å². The smallest absolute Gasteiger partial charge is 0.199 e. The van der Waals surface area contributed by atoms with E-state index in [1.54, 1.807) is 12.1 Å². The summed E-state index contributed by atoms with van der Waals surface area (Å²) in [6.45, 7) is 0. The summed E-state index contributed by atoms with van der Waals surface area (Å²) in [5.41, 5.74) is 1.78. The molecule has 1 aliphatic rings. The molecule has 0 unspecified atom stereocenters. The Bertz CT molecular complexity index is 752. The monoisotopic (exact) mass is 277 g/mol. The summed E-state index contributed by atoms with van der Waals surface area (Å²) >= 11 is 5.92. The van der Waals surface area contributed by atoms with E-state index in [1.165, 1.54) is 6.07 Å². The minimum Gasteiger partial charge on any atom is -0.199 e. The topological polar surface area (TPSA) is 46.5 Å². The van der Waals surface area contributed by atoms with Crippen LogP contribution in [0.25, 0.3) is 0 Å². The lowest BCUT2D eigenvalue weighted by molar-refractivity contribution is 0.599. The van der Waals surface area contributed by atoms with Gasteiger partial charge in [-0.3, -0.25) is 0 Å². The number of hydrogen-bond acceptors (Lipinski definition) is 2. The van der Waals surface area contributed by atoms with Crippen LogP contribution in [0.2, 0.25) is 5.02 Å². The van der Waals surface area contributed by atoms with Crippen molar-refractivity contribution in [2.75, 3.05) is 0 Å². The third-order valence-electron chi connectivity index (χ3n) is 2.73. The summed E-state index contributed by atoms with van der Waals surface area (Å²) in [6, 6.07) is 13.9. The van der Waals surface area contributed by atoms with Crippen LogP contribution in [-0.4, -0.2) is 14.1 Å². The van der Waals surface area contributed by atoms with Gasteiger partial charge >= 0.3 is 0 Å². The van der Waals surface area contributed by atoms with Crippen LogP contribution in [-0.2, 0) is 10.0 Å². The molecule has 0 aliphatic carbocycles. The molecule has 0 aromatic heterocycles. The fourth-order valence-electron chi connectivity index (χ4n) is 1.93. The summed E-state index contributed by atoms with van der Waals surface area (Å²) in [6.07, 6.45) is 0. The third-order valence-corrected chi connectivity index (χ3v) is 4.30. The summed E-state index contributed by atoms with van der Waals surface area (Å²) in [7, 11) is -3.59. The van der Waals surface area contributed by atoms with Gasteiger partial charge in [-0.25, -0.2) is 0 Å². The number of sulfonamides is 1. The number of rotatable bonds is 1. The zero-order chi connectivity index (χ0) is 12.8. The molecule has 90 valence electrons. The van der Waals surface area contributed by atoms with Crippen LogP contribution in [0.3, 0.4) is 0 Å². The van der Waals surface area contributed by atoms with Crippen LogP contribution in [0.15, 0.2) is 57.8 Å². The van der Waals surface area contributed by atoms with E-state index in [0.717, 1.165) is 5.56 Å². The van der Waals surface area contributed by atoms with Crippen molar-refractivity contribution in [1.82, 2.24) is 0 Å². The van der Waals surface area contributed by atoms with Gasteiger partial charge in [-0.15, -0.1) is 0 Å². The molecule has 18 heavy (non-hydrogen) atoms. The third kappa shape index (κ3) is 1.74. The molecule has 1 heterocycles. The van der Waals surface area contributed by atoms with Crippen molar-refractivity contribution < 1.29 is 8.42 Å². The lowest BCUT2D eigenvalue weighted by Crippen LogP contribution is -1.99. The van der Waals surface area contributed by atoms with Gasteiger partial charge in [0.2, 0.25) is 0 Å². The highest BCUT2D eigenvalue weighted by molar-refractivity contribution is 7.90. The first-order chi connectivity index (χ1) is 8.58. The van der Waals surface area contributed by atoms with Crippen molar-refractivity contribution in [1.29, 1.82) is 0 Å². The van der Waals surface area contributed by atoms with Gasteiger partial charge in [0.25, 0.3) is 10.0 Å². The molecule has 0 spiro atoms. The van der Waals surface area contributed by atoms with E-state index < -0.39 is 10.0 Å². The van der Waals surface area contributed by atoms with Crippen molar-refractivity contribution in [3.8, 4) is 0 Å². The maximum absolute atomic E-state index is 11.9. The maximum Gasteiger partial charge on any atom is 0.283 e. The Kier molecular flexibility index (Phi) is 2.50. The van der Waals surface area contributed by atoms with Crippen LogP contribution >= 0.6 is 11.6 Å². The van der Waals surface area contributed by atoms with E-state index >= 15 is 0 Å². The lowest BCUT2D eigenvalue weighted by Gasteiger charge is -2.02. The molecule has 5 heteroatoms. The summed E-state index contributed by atoms with van der Waals surface area (Å²) in [5.74, 6) is 0. The second-order valence-electron chi connectivity index (χ2n) is 3.92. The molecule has 0 bridgehead atoms. The quantitative estimate of drug-likeness (QED) is 0.805. The van der Waals surface area contributed by atoms with Crippen molar-refractivity contribution >= 4 is 27.3 Å². The molecule has 3 nitrogen and oxygen atoms in total. The average molecular weight is 278 g/mol. The molecule has 0 amide bonds. The largest absolute Gasteiger partial charge is 0.283 e. The molecular weight excluding hydrogens is 270 g/mol. The lowest BCUT2D eigenvalue weighted by atomic mass is 10.0. The summed E-state index contributed by atoms with van der Waals surface area (Å²) < 4.78 is 27.7. The Balaban J connectivity index is 2.29. The Labute approximate surface area is 110 Å². The highest BCUT2D eigenvalue weighted by atomic mass is 35.5. The molecule has 1 aliphatic heterocycles. The van der Waals surface area contributed by atoms with Gasteiger partial charge < -0.3 is 0 Å². The average Bonchev–Trinajstić information content (AvgIpc) is 2.62. The highest BCUT2D eigenvalue weighted by Crippen LogP contribution is 2.31. The molecule has 0 N–H and O–H groups in total. The van der Waals surface area contributed by atoms with E-state index in [-0.39, 0.29) is 4.90 Å². The van der Waals surface area contributed by atoms with Gasteiger partial charge in [0.05, 0.1) is 10.6 Å². The van der Waals surface area contributed by atoms with E-state index in [0.29, 0.717) is 16.3 Å². The van der Waals surface area contributed by atoms with Gasteiger partial charge in [-0.2, -0.15) is 12.8 Å². The minimum atomic E-state index is -3.59. The molecule has 3 rings (SSSR count). The first-order valence-corrected chi connectivity index (χ1v) is 7.10. The summed E-state index contributed by atoms with van der Waals surface area (Å²) in [5, 5.41) is 0.495. The van der Waals surface area contributed by atoms with Crippen LogP contribution in [0, 0.1) is 0 Å². The van der Waals surface area contributed by atoms with Gasteiger partial charge in [0.1, 0.15) is 0 Å². The predicted molar refractivity (Wildman–Crippen MR) is 70.7 cm³/mol. The number of fused-ring (bicyclic) bond motifs is 1. The molecule has 2 aromatic rings. The molecule has 0 saturated carbocycles. The molecule has 2 aromatic carbocycles. The number of hydrogen-bond donors (Lipinski definition) is 0. The second-order valence-corrected chi connectivity index (χ2v) is 5.93. The fourth-order valence-corrected chi connectivity index (χ4v) is 3.32. The molecule has 0 radical (unpaired) electrons. The second kappa shape index (κ2) is 3.93. The Hall–Kier alpha value is -1.65. The number of benzene rings is 2. The summed E-state index contributed by atoms with van der Waals surface area (Å²) in [4.78, 5) is 0.214. The van der Waals surface area contributed by atoms with Crippen LogP contribution in [0.1, 0.15) is 11.1 Å². The molecular formula is C13H8ClNO2S. The Morgan fingerprint density at radius 2 is 1.72 bits per heavy atom. The van der Waals surface area contributed by atoms with Crippen molar-refractivity contribution in [2.24, 2.45) is 4.40 Å².